The van der Waals surface area contributed by atoms with E-state index in [-0.39, 0.29) is 26.4 Å². The predicted octanol–water partition coefficient (Wildman–Crippen LogP) is 3.40. The van der Waals surface area contributed by atoms with E-state index in [1.54, 1.807) is 24.3 Å². The summed E-state index contributed by atoms with van der Waals surface area (Å²) < 4.78 is 10.5. The molecule has 0 saturated heterocycles. The van der Waals surface area contributed by atoms with E-state index >= 15 is 0 Å². The smallest absolute Gasteiger partial charge is 0.308 e. The molecule has 0 unspecified atom stereocenters. The van der Waals surface area contributed by atoms with Crippen LogP contribution < -0.4 is 9.47 Å². The third kappa shape index (κ3) is 4.33. The Morgan fingerprint density at radius 3 is 1.89 bits per heavy atom. The van der Waals surface area contributed by atoms with Gasteiger partial charge < -0.3 is 9.47 Å². The maximum atomic E-state index is 10.7. The van der Waals surface area contributed by atoms with E-state index in [2.05, 4.69) is 0 Å². The zero-order valence-electron chi connectivity index (χ0n) is 9.74. The number of hydrogen-bond donors (Lipinski definition) is 0. The third-order valence-corrected chi connectivity index (χ3v) is 2.06. The van der Waals surface area contributed by atoms with Gasteiger partial charge in [-0.15, -0.1) is 0 Å². The molecule has 4 heteroatoms. The fourth-order valence-electron chi connectivity index (χ4n) is 1.37. The number of esters is 1. The van der Waals surface area contributed by atoms with Gasteiger partial charge in [0.25, 0.3) is 0 Å². The normalized spacial score (nSPS) is 9.17. The van der Waals surface area contributed by atoms with Gasteiger partial charge in [0.05, 0.1) is 0 Å². The van der Waals surface area contributed by atoms with E-state index in [1.807, 2.05) is 30.3 Å². The van der Waals surface area contributed by atoms with Gasteiger partial charge >= 0.3 is 5.97 Å². The molecule has 0 bridgehead atoms. The predicted molar refractivity (Wildman–Crippen MR) is 64.3 cm³/mol. The maximum Gasteiger partial charge on any atom is 0.308 e. The molecular formula is C14H12O3Pd. The molecule has 0 spiro atoms. The Morgan fingerprint density at radius 1 is 0.833 bits per heavy atom. The van der Waals surface area contributed by atoms with Crippen molar-refractivity contribution in [2.75, 3.05) is 0 Å². The largest absolute Gasteiger partial charge is 0.457 e. The Bertz CT molecular complexity index is 494. The Balaban J connectivity index is 0.00000162. The molecule has 0 fully saturated rings. The average Bonchev–Trinajstić information content (AvgIpc) is 2.32. The van der Waals surface area contributed by atoms with E-state index in [0.29, 0.717) is 11.5 Å². The van der Waals surface area contributed by atoms with Crippen molar-refractivity contribution in [1.29, 1.82) is 0 Å². The van der Waals surface area contributed by atoms with Gasteiger partial charge in [0.1, 0.15) is 17.2 Å². The summed E-state index contributed by atoms with van der Waals surface area (Å²) in [4.78, 5) is 10.7. The van der Waals surface area contributed by atoms with Crippen LogP contribution in [0, 0.1) is 0 Å². The van der Waals surface area contributed by atoms with Crippen LogP contribution in [0.1, 0.15) is 6.92 Å². The standard InChI is InChI=1S/C14H12O3.Pd/c1-11(15)16-13-7-9-14(10-8-13)17-12-5-3-2-4-6-12;/h2-10H,1H3;. The minimum atomic E-state index is -0.332. The second kappa shape index (κ2) is 6.95. The second-order valence-corrected chi connectivity index (χ2v) is 3.48. The van der Waals surface area contributed by atoms with Crippen molar-refractivity contribution < 1.29 is 34.7 Å². The van der Waals surface area contributed by atoms with Crippen molar-refractivity contribution in [3.8, 4) is 17.2 Å². The van der Waals surface area contributed by atoms with E-state index in [0.717, 1.165) is 5.75 Å². The fraction of sp³-hybridized carbons (Fsp3) is 0.0714. The molecular weight excluding hydrogens is 323 g/mol. The molecule has 0 atom stereocenters. The van der Waals surface area contributed by atoms with Crippen LogP contribution in [-0.2, 0) is 25.2 Å². The van der Waals surface area contributed by atoms with Crippen LogP contribution in [-0.4, -0.2) is 5.97 Å². The van der Waals surface area contributed by atoms with Gasteiger partial charge in [-0.25, -0.2) is 0 Å². The van der Waals surface area contributed by atoms with Crippen molar-refractivity contribution in [1.82, 2.24) is 0 Å². The molecule has 0 aliphatic rings. The Hall–Kier alpha value is -1.63. The van der Waals surface area contributed by atoms with Crippen molar-refractivity contribution in [2.24, 2.45) is 0 Å². The SMILES string of the molecule is CC(=O)Oc1ccc(Oc2ccccc2)cc1.[Pd]. The number of rotatable bonds is 3. The summed E-state index contributed by atoms with van der Waals surface area (Å²) in [6.07, 6.45) is 0. The van der Waals surface area contributed by atoms with Crippen molar-refractivity contribution >= 4 is 5.97 Å². The van der Waals surface area contributed by atoms with Crippen molar-refractivity contribution in [3.05, 3.63) is 54.6 Å². The van der Waals surface area contributed by atoms with Gasteiger partial charge in [0.2, 0.25) is 0 Å². The first kappa shape index (κ1) is 14.4. The molecule has 2 aromatic rings. The molecule has 96 valence electrons. The van der Waals surface area contributed by atoms with Crippen LogP contribution in [0.25, 0.3) is 0 Å². The van der Waals surface area contributed by atoms with Crippen LogP contribution in [0.4, 0.5) is 0 Å². The monoisotopic (exact) mass is 334 g/mol. The van der Waals surface area contributed by atoms with Crippen molar-refractivity contribution in [2.45, 2.75) is 6.92 Å². The van der Waals surface area contributed by atoms with E-state index < -0.39 is 0 Å². The van der Waals surface area contributed by atoms with Gasteiger partial charge in [-0.2, -0.15) is 0 Å². The summed E-state index contributed by atoms with van der Waals surface area (Å²) >= 11 is 0. The summed E-state index contributed by atoms with van der Waals surface area (Å²) in [5, 5.41) is 0. The number of carbonyl (C=O) groups excluding carboxylic acids is 1. The van der Waals surface area contributed by atoms with Crippen LogP contribution >= 0.6 is 0 Å². The molecule has 0 amide bonds. The molecule has 0 N–H and O–H groups in total. The average molecular weight is 335 g/mol. The first-order valence-corrected chi connectivity index (χ1v) is 5.25. The topological polar surface area (TPSA) is 35.5 Å². The Morgan fingerprint density at radius 2 is 1.33 bits per heavy atom. The number of ether oxygens (including phenoxy) is 2. The Labute approximate surface area is 119 Å². The molecule has 2 rings (SSSR count). The van der Waals surface area contributed by atoms with Crippen LogP contribution in [0.3, 0.4) is 0 Å². The Kier molecular flexibility index (Phi) is 5.57. The van der Waals surface area contributed by atoms with Gasteiger partial charge in [0, 0.05) is 27.3 Å². The number of benzene rings is 2. The molecule has 0 saturated carbocycles. The molecule has 0 radical (unpaired) electrons. The number of hydrogen-bond acceptors (Lipinski definition) is 3. The fourth-order valence-corrected chi connectivity index (χ4v) is 1.37. The van der Waals surface area contributed by atoms with Gasteiger partial charge in [-0.3, -0.25) is 4.79 Å². The quantitative estimate of drug-likeness (QED) is 0.490. The maximum absolute atomic E-state index is 10.7. The molecule has 18 heavy (non-hydrogen) atoms. The summed E-state index contributed by atoms with van der Waals surface area (Å²) in [5.41, 5.74) is 0. The van der Waals surface area contributed by atoms with E-state index in [9.17, 15) is 4.79 Å². The molecule has 2 aromatic carbocycles. The molecule has 0 aliphatic heterocycles. The minimum Gasteiger partial charge on any atom is -0.457 e. The van der Waals surface area contributed by atoms with Gasteiger partial charge in [0.15, 0.2) is 0 Å². The summed E-state index contributed by atoms with van der Waals surface area (Å²) in [6.45, 7) is 1.37. The summed E-state index contributed by atoms with van der Waals surface area (Å²) in [7, 11) is 0. The number of carbonyl (C=O) groups is 1. The van der Waals surface area contributed by atoms with Crippen LogP contribution in [0.15, 0.2) is 54.6 Å². The molecule has 3 nitrogen and oxygen atoms in total. The first-order valence-electron chi connectivity index (χ1n) is 5.25. The van der Waals surface area contributed by atoms with Crippen molar-refractivity contribution in [3.63, 3.8) is 0 Å². The molecule has 0 aliphatic carbocycles. The van der Waals surface area contributed by atoms with Crippen LogP contribution in [0.5, 0.6) is 17.2 Å². The van der Waals surface area contributed by atoms with E-state index in [4.69, 9.17) is 9.47 Å². The second-order valence-electron chi connectivity index (χ2n) is 3.48. The van der Waals surface area contributed by atoms with E-state index in [1.165, 1.54) is 6.92 Å². The van der Waals surface area contributed by atoms with Crippen LogP contribution in [0.2, 0.25) is 0 Å². The molecule has 0 heterocycles. The first-order chi connectivity index (χ1) is 8.24. The summed E-state index contributed by atoms with van der Waals surface area (Å²) in [6, 6.07) is 16.4. The van der Waals surface area contributed by atoms with Gasteiger partial charge in [-0.05, 0) is 36.4 Å². The summed E-state index contributed by atoms with van der Waals surface area (Å²) in [5.74, 6) is 1.65. The number of para-hydroxylation sites is 1. The third-order valence-electron chi connectivity index (χ3n) is 2.06. The zero-order chi connectivity index (χ0) is 12.1. The zero-order valence-corrected chi connectivity index (χ0v) is 11.3. The molecule has 0 aromatic heterocycles. The van der Waals surface area contributed by atoms with Gasteiger partial charge in [-0.1, -0.05) is 18.2 Å². The minimum absolute atomic E-state index is 0.